The molecule has 0 fully saturated rings. The molecule has 6 nitrogen and oxygen atoms in total. The van der Waals surface area contributed by atoms with Crippen molar-refractivity contribution in [2.75, 3.05) is 5.32 Å². The zero-order chi connectivity index (χ0) is 14.1. The molecular formula is C13H9BrN4O2. The number of imidazole rings is 1. The van der Waals surface area contributed by atoms with Crippen molar-refractivity contribution in [1.82, 2.24) is 14.6 Å². The molecule has 3 rings (SSSR count). The molecule has 0 aliphatic rings. The van der Waals surface area contributed by atoms with Crippen LogP contribution < -0.4 is 5.32 Å². The van der Waals surface area contributed by atoms with Crippen molar-refractivity contribution in [1.29, 1.82) is 0 Å². The third-order valence-corrected chi connectivity index (χ3v) is 3.13. The minimum Gasteiger partial charge on any atom is -0.476 e. The van der Waals surface area contributed by atoms with Crippen LogP contribution in [0.5, 0.6) is 0 Å². The lowest BCUT2D eigenvalue weighted by molar-refractivity contribution is 0.0691. The Balaban J connectivity index is 1.94. The smallest absolute Gasteiger partial charge is 0.356 e. The van der Waals surface area contributed by atoms with Crippen molar-refractivity contribution in [2.24, 2.45) is 0 Å². The average molecular weight is 333 g/mol. The summed E-state index contributed by atoms with van der Waals surface area (Å²) < 4.78 is 2.39. The molecule has 2 aromatic heterocycles. The zero-order valence-electron chi connectivity index (χ0n) is 10.1. The maximum absolute atomic E-state index is 10.9. The van der Waals surface area contributed by atoms with Crippen LogP contribution in [-0.4, -0.2) is 25.7 Å². The van der Waals surface area contributed by atoms with Gasteiger partial charge in [0.05, 0.1) is 6.20 Å². The number of aromatic carboxylic acids is 1. The number of rotatable bonds is 3. The molecule has 1 aromatic carbocycles. The zero-order valence-corrected chi connectivity index (χ0v) is 11.7. The Morgan fingerprint density at radius 3 is 2.90 bits per heavy atom. The van der Waals surface area contributed by atoms with E-state index in [2.05, 4.69) is 31.3 Å². The number of nitrogens with zero attached hydrogens (tertiary/aromatic N) is 3. The molecule has 0 saturated heterocycles. The summed E-state index contributed by atoms with van der Waals surface area (Å²) in [5.74, 6) is -0.470. The van der Waals surface area contributed by atoms with E-state index in [0.29, 0.717) is 11.5 Å². The van der Waals surface area contributed by atoms with Gasteiger partial charge in [-0.3, -0.25) is 0 Å². The van der Waals surface area contributed by atoms with Crippen molar-refractivity contribution in [3.8, 4) is 0 Å². The number of benzene rings is 1. The Labute approximate surface area is 122 Å². The SMILES string of the molecule is O=C(O)c1cn2nc(Nc3cccc(Br)c3)ccc2n1. The normalized spacial score (nSPS) is 10.7. The minimum absolute atomic E-state index is 0.0305. The predicted molar refractivity (Wildman–Crippen MR) is 77.4 cm³/mol. The molecule has 0 aliphatic carbocycles. The summed E-state index contributed by atoms with van der Waals surface area (Å²) in [6.45, 7) is 0. The lowest BCUT2D eigenvalue weighted by Gasteiger charge is -2.05. The highest BCUT2D eigenvalue weighted by Gasteiger charge is 2.09. The number of aromatic nitrogens is 3. The first kappa shape index (κ1) is 12.6. The first-order chi connectivity index (χ1) is 9.61. The number of carboxylic acids is 1. The highest BCUT2D eigenvalue weighted by atomic mass is 79.9. The molecule has 0 aliphatic heterocycles. The third kappa shape index (κ3) is 2.48. The van der Waals surface area contributed by atoms with Gasteiger partial charge in [-0.15, -0.1) is 5.10 Å². The summed E-state index contributed by atoms with van der Waals surface area (Å²) in [6, 6.07) is 11.1. The summed E-state index contributed by atoms with van der Waals surface area (Å²) in [5.41, 5.74) is 1.34. The summed E-state index contributed by atoms with van der Waals surface area (Å²) in [6.07, 6.45) is 1.38. The Morgan fingerprint density at radius 2 is 2.15 bits per heavy atom. The van der Waals surface area contributed by atoms with Crippen LogP contribution in [0.15, 0.2) is 47.1 Å². The van der Waals surface area contributed by atoms with Gasteiger partial charge >= 0.3 is 5.97 Å². The molecule has 0 atom stereocenters. The molecule has 0 spiro atoms. The minimum atomic E-state index is -1.07. The molecule has 0 amide bonds. The van der Waals surface area contributed by atoms with Crippen molar-refractivity contribution < 1.29 is 9.90 Å². The van der Waals surface area contributed by atoms with Crippen molar-refractivity contribution in [2.45, 2.75) is 0 Å². The van der Waals surface area contributed by atoms with Crippen LogP contribution >= 0.6 is 15.9 Å². The standard InChI is InChI=1S/C13H9BrN4O2/c14-8-2-1-3-9(6-8)15-11-4-5-12-16-10(13(19)20)7-18(12)17-11/h1-7H,(H,15,17)(H,19,20). The summed E-state index contributed by atoms with van der Waals surface area (Å²) in [4.78, 5) is 14.8. The Hall–Kier alpha value is -2.41. The molecule has 2 N–H and O–H groups in total. The van der Waals surface area contributed by atoms with E-state index in [4.69, 9.17) is 5.11 Å². The van der Waals surface area contributed by atoms with E-state index in [1.54, 1.807) is 12.1 Å². The molecule has 7 heteroatoms. The number of hydrogen-bond donors (Lipinski definition) is 2. The molecule has 0 unspecified atom stereocenters. The van der Waals surface area contributed by atoms with Crippen molar-refractivity contribution in [3.05, 3.63) is 52.8 Å². The Morgan fingerprint density at radius 1 is 1.30 bits per heavy atom. The van der Waals surface area contributed by atoms with Gasteiger partial charge < -0.3 is 10.4 Å². The Bertz CT molecular complexity index is 800. The average Bonchev–Trinajstić information content (AvgIpc) is 2.82. The van der Waals surface area contributed by atoms with Crippen LogP contribution in [-0.2, 0) is 0 Å². The van der Waals surface area contributed by atoms with E-state index in [1.807, 2.05) is 24.3 Å². The van der Waals surface area contributed by atoms with Crippen LogP contribution in [0.2, 0.25) is 0 Å². The quantitative estimate of drug-likeness (QED) is 0.770. The molecule has 20 heavy (non-hydrogen) atoms. The van der Waals surface area contributed by atoms with Crippen molar-refractivity contribution in [3.63, 3.8) is 0 Å². The fraction of sp³-hybridized carbons (Fsp3) is 0. The third-order valence-electron chi connectivity index (χ3n) is 2.64. The second-order valence-corrected chi connectivity index (χ2v) is 5.00. The van der Waals surface area contributed by atoms with Crippen LogP contribution in [0, 0.1) is 0 Å². The molecule has 100 valence electrons. The van der Waals surface area contributed by atoms with E-state index in [-0.39, 0.29) is 5.69 Å². The van der Waals surface area contributed by atoms with Gasteiger partial charge in [0.25, 0.3) is 0 Å². The van der Waals surface area contributed by atoms with Gasteiger partial charge in [0.1, 0.15) is 0 Å². The van der Waals surface area contributed by atoms with Crippen LogP contribution in [0.1, 0.15) is 10.5 Å². The van der Waals surface area contributed by atoms with E-state index < -0.39 is 5.97 Å². The highest BCUT2D eigenvalue weighted by Crippen LogP contribution is 2.19. The van der Waals surface area contributed by atoms with Gasteiger partial charge in [-0.25, -0.2) is 14.3 Å². The molecule has 0 radical (unpaired) electrons. The lowest BCUT2D eigenvalue weighted by atomic mass is 10.3. The maximum Gasteiger partial charge on any atom is 0.356 e. The summed E-state index contributed by atoms with van der Waals surface area (Å²) in [7, 11) is 0. The van der Waals surface area contributed by atoms with Crippen LogP contribution in [0.4, 0.5) is 11.5 Å². The van der Waals surface area contributed by atoms with Crippen LogP contribution in [0.25, 0.3) is 5.65 Å². The number of carbonyl (C=O) groups is 1. The molecule has 3 aromatic rings. The van der Waals surface area contributed by atoms with Gasteiger partial charge in [-0.05, 0) is 30.3 Å². The number of fused-ring (bicyclic) bond motifs is 1. The van der Waals surface area contributed by atoms with E-state index in [9.17, 15) is 4.79 Å². The van der Waals surface area contributed by atoms with Crippen molar-refractivity contribution >= 4 is 39.1 Å². The number of hydrogen-bond acceptors (Lipinski definition) is 4. The van der Waals surface area contributed by atoms with Gasteiger partial charge in [-0.1, -0.05) is 22.0 Å². The number of nitrogens with one attached hydrogen (secondary N) is 1. The van der Waals surface area contributed by atoms with Gasteiger partial charge in [0.15, 0.2) is 17.2 Å². The highest BCUT2D eigenvalue weighted by molar-refractivity contribution is 9.10. The fourth-order valence-electron chi connectivity index (χ4n) is 1.77. The monoisotopic (exact) mass is 332 g/mol. The molecule has 0 bridgehead atoms. The molecule has 0 saturated carbocycles. The second-order valence-electron chi connectivity index (χ2n) is 4.09. The van der Waals surface area contributed by atoms with Gasteiger partial charge in [0.2, 0.25) is 0 Å². The van der Waals surface area contributed by atoms with Crippen LogP contribution in [0.3, 0.4) is 0 Å². The molecular weight excluding hydrogens is 324 g/mol. The van der Waals surface area contributed by atoms with Gasteiger partial charge in [0, 0.05) is 10.2 Å². The van der Waals surface area contributed by atoms with E-state index in [1.165, 1.54) is 10.7 Å². The van der Waals surface area contributed by atoms with E-state index in [0.717, 1.165) is 10.2 Å². The predicted octanol–water partition coefficient (Wildman–Crippen LogP) is 2.93. The number of halogens is 1. The topological polar surface area (TPSA) is 79.5 Å². The van der Waals surface area contributed by atoms with Gasteiger partial charge in [-0.2, -0.15) is 0 Å². The van der Waals surface area contributed by atoms with E-state index >= 15 is 0 Å². The number of anilines is 2. The Kier molecular flexibility index (Phi) is 3.11. The largest absolute Gasteiger partial charge is 0.476 e. The second kappa shape index (κ2) is 4.93. The first-order valence-electron chi connectivity index (χ1n) is 5.74. The maximum atomic E-state index is 10.9. The summed E-state index contributed by atoms with van der Waals surface area (Å²) in [5, 5.41) is 16.3. The fourth-order valence-corrected chi connectivity index (χ4v) is 2.17. The molecule has 2 heterocycles. The lowest BCUT2D eigenvalue weighted by Crippen LogP contribution is -1.98. The first-order valence-corrected chi connectivity index (χ1v) is 6.53. The number of carboxylic acid groups (broad SMARTS) is 1. The summed E-state index contributed by atoms with van der Waals surface area (Å²) >= 11 is 3.39.